The highest BCUT2D eigenvalue weighted by molar-refractivity contribution is 6.02. The molecule has 1 fully saturated rings. The van der Waals surface area contributed by atoms with Gasteiger partial charge in [0.1, 0.15) is 11.7 Å². The molecule has 3 rings (SSSR count). The number of benzene rings is 1. The molecule has 5 heteroatoms. The largest absolute Gasteiger partial charge is 0.468 e. The van der Waals surface area contributed by atoms with Crippen LogP contribution in [0.25, 0.3) is 0 Å². The fourth-order valence-corrected chi connectivity index (χ4v) is 3.61. The molecule has 118 valence electrons. The van der Waals surface area contributed by atoms with Crippen LogP contribution in [0.4, 0.5) is 0 Å². The molecular formula is C17H22N2O3. The van der Waals surface area contributed by atoms with Crippen LogP contribution in [0.3, 0.4) is 0 Å². The van der Waals surface area contributed by atoms with Gasteiger partial charge in [0.25, 0.3) is 0 Å². The van der Waals surface area contributed by atoms with E-state index in [1.807, 2.05) is 45.0 Å². The summed E-state index contributed by atoms with van der Waals surface area (Å²) in [6.45, 7) is 6.96. The van der Waals surface area contributed by atoms with Crippen molar-refractivity contribution in [2.24, 2.45) is 5.92 Å². The molecule has 2 aliphatic heterocycles. The molecule has 0 aromatic heterocycles. The van der Waals surface area contributed by atoms with E-state index in [1.165, 1.54) is 0 Å². The van der Waals surface area contributed by atoms with Crippen LogP contribution < -0.4 is 10.1 Å². The lowest BCUT2D eigenvalue weighted by atomic mass is 9.74. The number of rotatable bonds is 3. The molecule has 22 heavy (non-hydrogen) atoms. The number of nitrogens with one attached hydrogen (secondary N) is 1. The maximum absolute atomic E-state index is 12.8. The summed E-state index contributed by atoms with van der Waals surface area (Å²) in [5, 5.41) is 2.89. The number of fused-ring (bicyclic) bond motifs is 4. The highest BCUT2D eigenvalue weighted by Crippen LogP contribution is 2.46. The Morgan fingerprint density at radius 2 is 2.05 bits per heavy atom. The zero-order valence-corrected chi connectivity index (χ0v) is 13.3. The monoisotopic (exact) mass is 302 g/mol. The third kappa shape index (κ3) is 2.25. The van der Waals surface area contributed by atoms with Crippen molar-refractivity contribution in [2.45, 2.75) is 38.8 Å². The van der Waals surface area contributed by atoms with Crippen molar-refractivity contribution in [1.29, 1.82) is 0 Å². The van der Waals surface area contributed by atoms with E-state index >= 15 is 0 Å². The number of piperidine rings is 1. The van der Waals surface area contributed by atoms with E-state index in [0.717, 1.165) is 11.3 Å². The summed E-state index contributed by atoms with van der Waals surface area (Å²) >= 11 is 0. The Kier molecular flexibility index (Phi) is 3.59. The van der Waals surface area contributed by atoms with Crippen molar-refractivity contribution in [3.05, 3.63) is 29.8 Å². The molecule has 2 amide bonds. The Morgan fingerprint density at radius 1 is 1.36 bits per heavy atom. The molecule has 1 aromatic rings. The van der Waals surface area contributed by atoms with Gasteiger partial charge in [0.05, 0.1) is 0 Å². The zero-order chi connectivity index (χ0) is 15.9. The Hall–Kier alpha value is -2.04. The van der Waals surface area contributed by atoms with Gasteiger partial charge in [-0.05, 0) is 32.4 Å². The maximum atomic E-state index is 12.8. The molecule has 0 spiro atoms. The minimum atomic E-state index is -0.726. The number of carbonyl (C=O) groups is 2. The van der Waals surface area contributed by atoms with Gasteiger partial charge in [-0.25, -0.2) is 0 Å². The van der Waals surface area contributed by atoms with E-state index in [9.17, 15) is 9.59 Å². The molecule has 0 saturated carbocycles. The van der Waals surface area contributed by atoms with Crippen molar-refractivity contribution < 1.29 is 14.3 Å². The van der Waals surface area contributed by atoms with Gasteiger partial charge in [0, 0.05) is 25.4 Å². The summed E-state index contributed by atoms with van der Waals surface area (Å²) in [6.07, 6.45) is 0.618. The molecule has 0 unspecified atom stereocenters. The minimum absolute atomic E-state index is 0.0914. The normalized spacial score (nSPS) is 29.1. The topological polar surface area (TPSA) is 58.6 Å². The van der Waals surface area contributed by atoms with Crippen molar-refractivity contribution in [3.63, 3.8) is 0 Å². The van der Waals surface area contributed by atoms with Gasteiger partial charge >= 0.3 is 0 Å². The molecule has 2 heterocycles. The van der Waals surface area contributed by atoms with Crippen LogP contribution in [-0.2, 0) is 9.59 Å². The molecule has 3 atom stereocenters. The summed E-state index contributed by atoms with van der Waals surface area (Å²) < 4.78 is 5.95. The third-order valence-electron chi connectivity index (χ3n) is 4.68. The predicted octanol–water partition coefficient (Wildman–Crippen LogP) is 1.88. The molecule has 1 saturated heterocycles. The average Bonchev–Trinajstić information content (AvgIpc) is 2.47. The lowest BCUT2D eigenvalue weighted by Crippen LogP contribution is -2.63. The van der Waals surface area contributed by atoms with Crippen LogP contribution in [0.15, 0.2) is 24.3 Å². The highest BCUT2D eigenvalue weighted by Gasteiger charge is 2.52. The summed E-state index contributed by atoms with van der Waals surface area (Å²) in [5.74, 6) is -0.357. The van der Waals surface area contributed by atoms with Gasteiger partial charge in [-0.3, -0.25) is 9.59 Å². The van der Waals surface area contributed by atoms with Crippen molar-refractivity contribution in [3.8, 4) is 5.75 Å². The summed E-state index contributed by atoms with van der Waals surface area (Å²) in [6, 6.07) is 7.69. The molecule has 1 aromatic carbocycles. The molecule has 2 aliphatic rings. The van der Waals surface area contributed by atoms with E-state index in [-0.39, 0.29) is 17.7 Å². The number of para-hydroxylation sites is 1. The van der Waals surface area contributed by atoms with Gasteiger partial charge in [0.15, 0.2) is 5.72 Å². The highest BCUT2D eigenvalue weighted by atomic mass is 16.5. The number of hydrogen-bond acceptors (Lipinski definition) is 3. The van der Waals surface area contributed by atoms with Crippen LogP contribution >= 0.6 is 0 Å². The van der Waals surface area contributed by atoms with Crippen molar-refractivity contribution in [2.75, 3.05) is 13.1 Å². The quantitative estimate of drug-likeness (QED) is 0.867. The second kappa shape index (κ2) is 5.30. The Bertz CT molecular complexity index is 612. The average molecular weight is 302 g/mol. The maximum Gasteiger partial charge on any atom is 0.236 e. The van der Waals surface area contributed by atoms with Crippen LogP contribution in [0.2, 0.25) is 0 Å². The fourth-order valence-electron chi connectivity index (χ4n) is 3.61. The van der Waals surface area contributed by atoms with Gasteiger partial charge in [0.2, 0.25) is 11.8 Å². The predicted molar refractivity (Wildman–Crippen MR) is 82.4 cm³/mol. The Morgan fingerprint density at radius 3 is 2.73 bits per heavy atom. The van der Waals surface area contributed by atoms with E-state index in [4.69, 9.17) is 4.74 Å². The van der Waals surface area contributed by atoms with Gasteiger partial charge < -0.3 is 15.0 Å². The Labute approximate surface area is 130 Å². The fraction of sp³-hybridized carbons (Fsp3) is 0.529. The van der Waals surface area contributed by atoms with Crippen LogP contribution in [0, 0.1) is 5.92 Å². The molecule has 5 nitrogen and oxygen atoms in total. The van der Waals surface area contributed by atoms with Crippen LogP contribution in [0.1, 0.15) is 38.7 Å². The minimum Gasteiger partial charge on any atom is -0.468 e. The second-order valence-corrected chi connectivity index (χ2v) is 6.16. The molecule has 0 aliphatic carbocycles. The van der Waals surface area contributed by atoms with Crippen LogP contribution in [-0.4, -0.2) is 35.5 Å². The van der Waals surface area contributed by atoms with E-state index in [2.05, 4.69) is 5.32 Å². The number of ether oxygens (including phenoxy) is 1. The van der Waals surface area contributed by atoms with E-state index < -0.39 is 11.6 Å². The van der Waals surface area contributed by atoms with Crippen molar-refractivity contribution in [1.82, 2.24) is 10.2 Å². The van der Waals surface area contributed by atoms with Gasteiger partial charge in [-0.15, -0.1) is 0 Å². The zero-order valence-electron chi connectivity index (χ0n) is 13.3. The Balaban J connectivity index is 2.03. The number of carbonyl (C=O) groups excluding carboxylic acids is 2. The molecule has 0 radical (unpaired) electrons. The first-order chi connectivity index (χ1) is 10.5. The van der Waals surface area contributed by atoms with Gasteiger partial charge in [-0.2, -0.15) is 0 Å². The smallest absolute Gasteiger partial charge is 0.236 e. The summed E-state index contributed by atoms with van der Waals surface area (Å²) in [5.41, 5.74) is 0.233. The number of amides is 2. The van der Waals surface area contributed by atoms with Crippen LogP contribution in [0.5, 0.6) is 5.75 Å². The SMILES string of the molecule is CCN(CC)C(=O)[C@@H]1C(=O)N[C@@]2(C)C[C@@H]1c1ccccc1O2. The van der Waals surface area contributed by atoms with E-state index in [0.29, 0.717) is 19.5 Å². The standard InChI is InChI=1S/C17H22N2O3/c1-4-19(5-2)16(21)14-12-10-17(3,18-15(14)20)22-13-9-7-6-8-11(12)13/h6-9,12,14H,4-5,10H2,1-3H3,(H,18,20)/t12-,14+,17-/m1/s1. The number of hydrogen-bond donors (Lipinski definition) is 1. The van der Waals surface area contributed by atoms with Gasteiger partial charge in [-0.1, -0.05) is 18.2 Å². The first kappa shape index (κ1) is 14.9. The first-order valence-electron chi connectivity index (χ1n) is 7.88. The summed E-state index contributed by atoms with van der Waals surface area (Å²) in [7, 11) is 0. The van der Waals surface area contributed by atoms with E-state index in [1.54, 1.807) is 4.90 Å². The molecule has 2 bridgehead atoms. The molecule has 1 N–H and O–H groups in total. The first-order valence-corrected chi connectivity index (χ1v) is 7.88. The number of nitrogens with zero attached hydrogens (tertiary/aromatic N) is 1. The molecular weight excluding hydrogens is 280 g/mol. The van der Waals surface area contributed by atoms with Crippen molar-refractivity contribution >= 4 is 11.8 Å². The lowest BCUT2D eigenvalue weighted by Gasteiger charge is -2.47. The second-order valence-electron chi connectivity index (χ2n) is 6.16. The summed E-state index contributed by atoms with van der Waals surface area (Å²) in [4.78, 5) is 27.1. The lowest BCUT2D eigenvalue weighted by molar-refractivity contribution is -0.152. The third-order valence-corrected chi connectivity index (χ3v) is 4.68.